The fourth-order valence-corrected chi connectivity index (χ4v) is 3.37. The van der Waals surface area contributed by atoms with Gasteiger partial charge in [-0.05, 0) is 31.2 Å². The second-order valence-corrected chi connectivity index (χ2v) is 6.77. The molecule has 2 unspecified atom stereocenters. The van der Waals surface area contributed by atoms with Crippen LogP contribution in [0, 0.1) is 11.3 Å². The van der Waals surface area contributed by atoms with Crippen molar-refractivity contribution < 1.29 is 0 Å². The summed E-state index contributed by atoms with van der Waals surface area (Å²) in [5, 5.41) is 0. The summed E-state index contributed by atoms with van der Waals surface area (Å²) in [7, 11) is 2.22. The molecule has 0 spiro atoms. The summed E-state index contributed by atoms with van der Waals surface area (Å²) >= 11 is 0. The highest BCUT2D eigenvalue weighted by molar-refractivity contribution is 4.92. The Morgan fingerprint density at radius 3 is 2.47 bits per heavy atom. The second-order valence-electron chi connectivity index (χ2n) is 6.77. The molecule has 2 aliphatic rings. The fraction of sp³-hybridized carbons (Fsp3) is 1.00. The summed E-state index contributed by atoms with van der Waals surface area (Å²) in [6.45, 7) is 10.8. The van der Waals surface area contributed by atoms with Gasteiger partial charge in [-0.25, -0.2) is 0 Å². The minimum absolute atomic E-state index is 0.343. The molecular weight excluding hydrogens is 210 g/mol. The van der Waals surface area contributed by atoms with Crippen molar-refractivity contribution in [1.29, 1.82) is 0 Å². The van der Waals surface area contributed by atoms with Gasteiger partial charge < -0.3 is 15.5 Å². The van der Waals surface area contributed by atoms with Crippen molar-refractivity contribution >= 4 is 0 Å². The van der Waals surface area contributed by atoms with E-state index in [1.54, 1.807) is 0 Å². The number of nitrogens with zero attached hydrogens (tertiary/aromatic N) is 2. The van der Waals surface area contributed by atoms with Crippen molar-refractivity contribution in [1.82, 2.24) is 9.80 Å². The van der Waals surface area contributed by atoms with E-state index in [1.807, 2.05) is 0 Å². The summed E-state index contributed by atoms with van der Waals surface area (Å²) in [4.78, 5) is 5.03. The minimum Gasteiger partial charge on any atom is -0.327 e. The molecule has 0 aromatic heterocycles. The molecule has 1 saturated heterocycles. The predicted molar refractivity (Wildman–Crippen MR) is 73.0 cm³/mol. The van der Waals surface area contributed by atoms with Crippen LogP contribution in [0.3, 0.4) is 0 Å². The molecule has 0 amide bonds. The van der Waals surface area contributed by atoms with E-state index in [1.165, 1.54) is 52.0 Å². The third kappa shape index (κ3) is 3.21. The number of hydrogen-bond donors (Lipinski definition) is 1. The molecule has 1 saturated carbocycles. The Labute approximate surface area is 106 Å². The third-order valence-corrected chi connectivity index (χ3v) is 4.89. The van der Waals surface area contributed by atoms with Crippen LogP contribution in [0.1, 0.15) is 33.1 Å². The van der Waals surface area contributed by atoms with E-state index in [-0.39, 0.29) is 0 Å². The summed E-state index contributed by atoms with van der Waals surface area (Å²) in [5.41, 5.74) is 6.81. The van der Waals surface area contributed by atoms with Gasteiger partial charge in [0.05, 0.1) is 0 Å². The Balaban J connectivity index is 1.86. The van der Waals surface area contributed by atoms with Gasteiger partial charge in [-0.2, -0.15) is 0 Å². The number of likely N-dealkylation sites (N-methyl/N-ethyl adjacent to an activating group) is 1. The molecule has 0 radical (unpaired) electrons. The molecule has 100 valence electrons. The quantitative estimate of drug-likeness (QED) is 0.790. The second kappa shape index (κ2) is 5.25. The Morgan fingerprint density at radius 1 is 1.18 bits per heavy atom. The van der Waals surface area contributed by atoms with Crippen LogP contribution in [0.25, 0.3) is 0 Å². The minimum atomic E-state index is 0.343. The van der Waals surface area contributed by atoms with E-state index in [0.29, 0.717) is 17.4 Å². The van der Waals surface area contributed by atoms with Crippen LogP contribution >= 0.6 is 0 Å². The summed E-state index contributed by atoms with van der Waals surface area (Å²) in [6.07, 6.45) is 3.99. The molecule has 1 aliphatic heterocycles. The molecular formula is C14H29N3. The Bertz CT molecular complexity index is 244. The topological polar surface area (TPSA) is 32.5 Å². The van der Waals surface area contributed by atoms with Crippen LogP contribution in [0.5, 0.6) is 0 Å². The summed E-state index contributed by atoms with van der Waals surface area (Å²) in [5.74, 6) is 0.710. The highest BCUT2D eigenvalue weighted by Gasteiger charge is 2.37. The van der Waals surface area contributed by atoms with Gasteiger partial charge in [0.15, 0.2) is 0 Å². The lowest BCUT2D eigenvalue weighted by atomic mass is 9.68. The highest BCUT2D eigenvalue weighted by atomic mass is 15.2. The molecule has 2 N–H and O–H groups in total. The third-order valence-electron chi connectivity index (χ3n) is 4.89. The number of piperazine rings is 1. The molecule has 3 nitrogen and oxygen atoms in total. The van der Waals surface area contributed by atoms with E-state index in [2.05, 4.69) is 30.7 Å². The van der Waals surface area contributed by atoms with Crippen LogP contribution in [-0.4, -0.2) is 55.6 Å². The van der Waals surface area contributed by atoms with E-state index in [9.17, 15) is 0 Å². The first kappa shape index (κ1) is 13.3. The van der Waals surface area contributed by atoms with Gasteiger partial charge in [-0.1, -0.05) is 20.3 Å². The molecule has 3 heteroatoms. The zero-order valence-corrected chi connectivity index (χ0v) is 11.8. The van der Waals surface area contributed by atoms with Gasteiger partial charge in [0.25, 0.3) is 0 Å². The molecule has 2 rings (SSSR count). The molecule has 2 atom stereocenters. The lowest BCUT2D eigenvalue weighted by molar-refractivity contribution is 0.0787. The van der Waals surface area contributed by atoms with Crippen molar-refractivity contribution in [2.45, 2.75) is 39.2 Å². The smallest absolute Gasteiger partial charge is 0.0131 e. The summed E-state index contributed by atoms with van der Waals surface area (Å²) < 4.78 is 0. The molecule has 0 aromatic rings. The molecule has 1 aliphatic carbocycles. The van der Waals surface area contributed by atoms with Crippen LogP contribution in [0.4, 0.5) is 0 Å². The number of nitrogens with two attached hydrogens (primary N) is 1. The first-order valence-corrected chi connectivity index (χ1v) is 7.15. The monoisotopic (exact) mass is 239 g/mol. The van der Waals surface area contributed by atoms with Gasteiger partial charge in [-0.15, -0.1) is 0 Å². The van der Waals surface area contributed by atoms with Crippen LogP contribution in [0.15, 0.2) is 0 Å². The normalized spacial score (nSPS) is 36.0. The van der Waals surface area contributed by atoms with Crippen LogP contribution in [0.2, 0.25) is 0 Å². The van der Waals surface area contributed by atoms with E-state index in [0.717, 1.165) is 0 Å². The zero-order chi connectivity index (χ0) is 12.5. The maximum Gasteiger partial charge on any atom is 0.0131 e. The maximum atomic E-state index is 6.46. The molecule has 17 heavy (non-hydrogen) atoms. The van der Waals surface area contributed by atoms with Crippen molar-refractivity contribution in [2.24, 2.45) is 17.1 Å². The van der Waals surface area contributed by atoms with E-state index >= 15 is 0 Å². The molecule has 1 heterocycles. The maximum absolute atomic E-state index is 6.46. The van der Waals surface area contributed by atoms with Gasteiger partial charge in [-0.3, -0.25) is 0 Å². The Kier molecular flexibility index (Phi) is 4.11. The SMILES string of the molecule is CN1CCN(CC2CCCC(C)(C)C2N)CC1. The Morgan fingerprint density at radius 2 is 1.82 bits per heavy atom. The van der Waals surface area contributed by atoms with E-state index in [4.69, 9.17) is 5.73 Å². The van der Waals surface area contributed by atoms with Crippen molar-refractivity contribution in [3.8, 4) is 0 Å². The average molecular weight is 239 g/mol. The average Bonchev–Trinajstić information content (AvgIpc) is 2.28. The largest absolute Gasteiger partial charge is 0.327 e. The number of rotatable bonds is 2. The van der Waals surface area contributed by atoms with Gasteiger partial charge in [0.1, 0.15) is 0 Å². The van der Waals surface area contributed by atoms with Gasteiger partial charge >= 0.3 is 0 Å². The Hall–Kier alpha value is -0.120. The highest BCUT2D eigenvalue weighted by Crippen LogP contribution is 2.38. The molecule has 0 bridgehead atoms. The lowest BCUT2D eigenvalue weighted by Crippen LogP contribution is -2.53. The van der Waals surface area contributed by atoms with Crippen molar-refractivity contribution in [3.63, 3.8) is 0 Å². The van der Waals surface area contributed by atoms with E-state index < -0.39 is 0 Å². The fourth-order valence-electron chi connectivity index (χ4n) is 3.37. The first-order valence-electron chi connectivity index (χ1n) is 7.15. The first-order chi connectivity index (χ1) is 7.99. The van der Waals surface area contributed by atoms with Gasteiger partial charge in [0.2, 0.25) is 0 Å². The van der Waals surface area contributed by atoms with Crippen LogP contribution < -0.4 is 5.73 Å². The van der Waals surface area contributed by atoms with Crippen LogP contribution in [-0.2, 0) is 0 Å². The molecule has 0 aromatic carbocycles. The van der Waals surface area contributed by atoms with Crippen molar-refractivity contribution in [3.05, 3.63) is 0 Å². The zero-order valence-electron chi connectivity index (χ0n) is 11.8. The lowest BCUT2D eigenvalue weighted by Gasteiger charge is -2.44. The molecule has 2 fully saturated rings. The number of hydrogen-bond acceptors (Lipinski definition) is 3. The summed E-state index contributed by atoms with van der Waals surface area (Å²) in [6, 6.07) is 0.385. The predicted octanol–water partition coefficient (Wildman–Crippen LogP) is 1.39. The van der Waals surface area contributed by atoms with Crippen molar-refractivity contribution in [2.75, 3.05) is 39.8 Å². The van der Waals surface area contributed by atoms with Gasteiger partial charge in [0, 0.05) is 38.8 Å². The standard InChI is InChI=1S/C14H29N3/c1-14(2)6-4-5-12(13(14)15)11-17-9-7-16(3)8-10-17/h12-13H,4-11,15H2,1-3H3.